The lowest BCUT2D eigenvalue weighted by Gasteiger charge is -2.25. The number of esters is 1. The number of anilines is 1. The number of hydrogen-bond acceptors (Lipinski definition) is 8. The van der Waals surface area contributed by atoms with Gasteiger partial charge in [-0.3, -0.25) is 9.59 Å². The lowest BCUT2D eigenvalue weighted by Crippen LogP contribution is -2.36. The molecule has 11 heteroatoms. The third kappa shape index (κ3) is 4.83. The molecular weight excluding hydrogens is 516 g/mol. The molecule has 0 bridgehead atoms. The molecule has 0 unspecified atom stereocenters. The Balaban J connectivity index is 1.56. The highest BCUT2D eigenvalue weighted by Crippen LogP contribution is 2.28. The number of nitrogens with zero attached hydrogens (tertiary/aromatic N) is 3. The van der Waals surface area contributed by atoms with Crippen molar-refractivity contribution in [1.29, 1.82) is 0 Å². The molecule has 1 saturated heterocycles. The molecule has 1 aliphatic heterocycles. The van der Waals surface area contributed by atoms with Gasteiger partial charge in [0.15, 0.2) is 10.6 Å². The summed E-state index contributed by atoms with van der Waals surface area (Å²) in [6.07, 6.45) is 1.51. The highest BCUT2D eigenvalue weighted by molar-refractivity contribution is 7.17. The summed E-state index contributed by atoms with van der Waals surface area (Å²) in [5.41, 5.74) is 0.735. The minimum absolute atomic E-state index is 0.0204. The number of ether oxygens (including phenoxy) is 2. The van der Waals surface area contributed by atoms with Crippen LogP contribution in [0.4, 0.5) is 5.13 Å². The van der Waals surface area contributed by atoms with Gasteiger partial charge in [-0.05, 0) is 24.3 Å². The zero-order valence-electron chi connectivity index (χ0n) is 19.9. The van der Waals surface area contributed by atoms with Gasteiger partial charge < -0.3 is 24.3 Å². The maximum atomic E-state index is 13.6. The van der Waals surface area contributed by atoms with E-state index in [1.165, 1.54) is 24.6 Å². The molecule has 37 heavy (non-hydrogen) atoms. The number of para-hydroxylation sites is 1. The standard InChI is InChI=1S/C26H23ClN4O5S/c1-35-25(34)22-17(14-28-24(33)20-15-29-26(37-20)30-10-12-36-13-11-30)23(32)21-18(27)8-5-9-19(21)31(22)16-6-3-2-4-7-16/h2-9,15H,10-14H2,1H3,(H,28,33). The summed E-state index contributed by atoms with van der Waals surface area (Å²) in [6.45, 7) is 2.41. The van der Waals surface area contributed by atoms with Gasteiger partial charge in [0.1, 0.15) is 10.6 Å². The Morgan fingerprint density at radius 2 is 1.89 bits per heavy atom. The molecule has 3 heterocycles. The van der Waals surface area contributed by atoms with Crippen molar-refractivity contribution in [3.63, 3.8) is 0 Å². The predicted molar refractivity (Wildman–Crippen MR) is 142 cm³/mol. The topological polar surface area (TPSA) is 103 Å². The van der Waals surface area contributed by atoms with Gasteiger partial charge in [0, 0.05) is 25.3 Å². The van der Waals surface area contributed by atoms with Gasteiger partial charge in [-0.1, -0.05) is 47.2 Å². The van der Waals surface area contributed by atoms with Crippen LogP contribution in [0.5, 0.6) is 0 Å². The third-order valence-corrected chi connectivity index (χ3v) is 7.43. The van der Waals surface area contributed by atoms with E-state index in [0.717, 1.165) is 5.13 Å². The zero-order valence-corrected chi connectivity index (χ0v) is 21.5. The van der Waals surface area contributed by atoms with Crippen LogP contribution in [0, 0.1) is 0 Å². The monoisotopic (exact) mass is 538 g/mol. The number of nitrogens with one attached hydrogen (secondary N) is 1. The van der Waals surface area contributed by atoms with Crippen LogP contribution < -0.4 is 15.6 Å². The van der Waals surface area contributed by atoms with Gasteiger partial charge in [0.25, 0.3) is 5.91 Å². The molecule has 190 valence electrons. The zero-order chi connectivity index (χ0) is 25.9. The first-order valence-electron chi connectivity index (χ1n) is 11.6. The van der Waals surface area contributed by atoms with Gasteiger partial charge >= 0.3 is 5.97 Å². The smallest absolute Gasteiger partial charge is 0.355 e. The van der Waals surface area contributed by atoms with E-state index in [1.807, 2.05) is 30.3 Å². The molecule has 4 aromatic rings. The quantitative estimate of drug-likeness (QED) is 0.374. The Hall–Kier alpha value is -3.73. The molecule has 1 N–H and O–H groups in total. The number of amides is 1. The van der Waals surface area contributed by atoms with Crippen LogP contribution in [0.25, 0.3) is 16.6 Å². The van der Waals surface area contributed by atoms with Crippen LogP contribution in [0.1, 0.15) is 25.7 Å². The van der Waals surface area contributed by atoms with E-state index in [4.69, 9.17) is 21.1 Å². The van der Waals surface area contributed by atoms with Gasteiger partial charge in [-0.2, -0.15) is 0 Å². The number of thiazole rings is 1. The normalized spacial score (nSPS) is 13.5. The van der Waals surface area contributed by atoms with Crippen LogP contribution in [0.15, 0.2) is 59.5 Å². The first kappa shape index (κ1) is 24.9. The third-order valence-electron chi connectivity index (χ3n) is 6.06. The molecule has 1 aliphatic rings. The summed E-state index contributed by atoms with van der Waals surface area (Å²) in [5.74, 6) is -1.11. The van der Waals surface area contributed by atoms with Crippen molar-refractivity contribution in [2.45, 2.75) is 6.54 Å². The van der Waals surface area contributed by atoms with E-state index in [9.17, 15) is 14.4 Å². The summed E-state index contributed by atoms with van der Waals surface area (Å²) in [7, 11) is 1.25. The van der Waals surface area contributed by atoms with Gasteiger partial charge in [0.05, 0.1) is 48.0 Å². The Labute approximate surface area is 221 Å². The molecule has 5 rings (SSSR count). The first-order chi connectivity index (χ1) is 18.0. The van der Waals surface area contributed by atoms with Gasteiger partial charge in [-0.25, -0.2) is 9.78 Å². The van der Waals surface area contributed by atoms with Crippen LogP contribution in [-0.2, 0) is 16.0 Å². The lowest BCUT2D eigenvalue weighted by atomic mass is 10.1. The van der Waals surface area contributed by atoms with Crippen molar-refractivity contribution >= 4 is 50.8 Å². The van der Waals surface area contributed by atoms with Gasteiger partial charge in [0.2, 0.25) is 0 Å². The lowest BCUT2D eigenvalue weighted by molar-refractivity contribution is 0.0589. The van der Waals surface area contributed by atoms with Crippen molar-refractivity contribution in [3.05, 3.63) is 86.1 Å². The van der Waals surface area contributed by atoms with Crippen molar-refractivity contribution in [1.82, 2.24) is 14.9 Å². The van der Waals surface area contributed by atoms with Crippen LogP contribution in [0.3, 0.4) is 0 Å². The van der Waals surface area contributed by atoms with Crippen molar-refractivity contribution in [3.8, 4) is 5.69 Å². The van der Waals surface area contributed by atoms with E-state index >= 15 is 0 Å². The second-order valence-electron chi connectivity index (χ2n) is 8.24. The summed E-state index contributed by atoms with van der Waals surface area (Å²) >= 11 is 7.72. The molecule has 0 aliphatic carbocycles. The minimum atomic E-state index is -0.709. The second kappa shape index (κ2) is 10.7. The minimum Gasteiger partial charge on any atom is -0.464 e. The number of hydrogen-bond donors (Lipinski definition) is 1. The molecule has 9 nitrogen and oxygen atoms in total. The van der Waals surface area contributed by atoms with Crippen LogP contribution >= 0.6 is 22.9 Å². The molecule has 0 spiro atoms. The summed E-state index contributed by atoms with van der Waals surface area (Å²) in [6, 6.07) is 14.2. The molecule has 0 radical (unpaired) electrons. The van der Waals surface area contributed by atoms with Crippen molar-refractivity contribution in [2.75, 3.05) is 38.3 Å². The molecule has 0 atom stereocenters. The molecule has 1 amide bonds. The van der Waals surface area contributed by atoms with E-state index in [2.05, 4.69) is 15.2 Å². The van der Waals surface area contributed by atoms with Crippen LogP contribution in [0.2, 0.25) is 5.02 Å². The number of methoxy groups -OCH3 is 1. The summed E-state index contributed by atoms with van der Waals surface area (Å²) < 4.78 is 12.1. The Morgan fingerprint density at radius 3 is 2.62 bits per heavy atom. The fraction of sp³-hybridized carbons (Fsp3) is 0.231. The first-order valence-corrected chi connectivity index (χ1v) is 12.8. The van der Waals surface area contributed by atoms with Crippen LogP contribution in [-0.4, -0.2) is 54.8 Å². The number of morpholine rings is 1. The molecular formula is C26H23ClN4O5S. The average Bonchev–Trinajstić information content (AvgIpc) is 3.43. The number of fused-ring (bicyclic) bond motifs is 1. The Bertz CT molecular complexity index is 1530. The maximum absolute atomic E-state index is 13.6. The number of carbonyl (C=O) groups excluding carboxylic acids is 2. The largest absolute Gasteiger partial charge is 0.464 e. The number of carbonyl (C=O) groups is 2. The van der Waals surface area contributed by atoms with Crippen molar-refractivity contribution < 1.29 is 19.1 Å². The highest BCUT2D eigenvalue weighted by Gasteiger charge is 2.26. The number of benzene rings is 2. The number of halogens is 1. The predicted octanol–water partition coefficient (Wildman–Crippen LogP) is 3.65. The maximum Gasteiger partial charge on any atom is 0.355 e. The molecule has 2 aromatic heterocycles. The molecule has 1 fully saturated rings. The molecule has 2 aromatic carbocycles. The summed E-state index contributed by atoms with van der Waals surface area (Å²) in [4.78, 5) is 46.5. The fourth-order valence-electron chi connectivity index (χ4n) is 4.28. The number of pyridine rings is 1. The van der Waals surface area contributed by atoms with Gasteiger partial charge in [-0.15, -0.1) is 0 Å². The van der Waals surface area contributed by atoms with E-state index in [1.54, 1.807) is 22.8 Å². The second-order valence-corrected chi connectivity index (χ2v) is 9.66. The van der Waals surface area contributed by atoms with E-state index in [-0.39, 0.29) is 28.2 Å². The van der Waals surface area contributed by atoms with Crippen molar-refractivity contribution in [2.24, 2.45) is 0 Å². The van der Waals surface area contributed by atoms with E-state index in [0.29, 0.717) is 42.4 Å². The molecule has 0 saturated carbocycles. The highest BCUT2D eigenvalue weighted by atomic mass is 35.5. The SMILES string of the molecule is COC(=O)c1c(CNC(=O)c2cnc(N3CCOCC3)s2)c(=O)c2c(Cl)cccc2n1-c1ccccc1. The number of aromatic nitrogens is 2. The Kier molecular flexibility index (Phi) is 7.22. The summed E-state index contributed by atoms with van der Waals surface area (Å²) in [5, 5.41) is 4.00. The van der Waals surface area contributed by atoms with E-state index < -0.39 is 17.3 Å². The Morgan fingerprint density at radius 1 is 1.14 bits per heavy atom. The number of rotatable bonds is 6. The fourth-order valence-corrected chi connectivity index (χ4v) is 5.42. The average molecular weight is 539 g/mol.